The Balaban J connectivity index is 2.35. The lowest BCUT2D eigenvalue weighted by atomic mass is 10.2. The summed E-state index contributed by atoms with van der Waals surface area (Å²) in [7, 11) is 0. The number of ether oxygens (including phenoxy) is 1. The number of aromatic nitrogens is 1. The highest BCUT2D eigenvalue weighted by molar-refractivity contribution is 6.35. The Bertz CT molecular complexity index is 580. The van der Waals surface area contributed by atoms with E-state index in [0.717, 1.165) is 0 Å². The van der Waals surface area contributed by atoms with Gasteiger partial charge in [-0.05, 0) is 25.1 Å². The number of oxazole rings is 1. The van der Waals surface area contributed by atoms with E-state index in [1.54, 1.807) is 25.1 Å². The first kappa shape index (κ1) is 12.9. The molecule has 0 fully saturated rings. The molecule has 0 saturated carbocycles. The minimum atomic E-state index is -0.609. The van der Waals surface area contributed by atoms with Gasteiger partial charge in [-0.2, -0.15) is 0 Å². The lowest BCUT2D eigenvalue weighted by molar-refractivity contribution is 0.0482. The molecule has 0 aliphatic carbocycles. The molecule has 0 bridgehead atoms. The predicted octanol–water partition coefficient (Wildman–Crippen LogP) is 3.83. The normalized spacial score (nSPS) is 10.4. The fourth-order valence-corrected chi connectivity index (χ4v) is 1.75. The summed E-state index contributed by atoms with van der Waals surface area (Å²) in [6.45, 7) is 1.96. The summed E-state index contributed by atoms with van der Waals surface area (Å²) in [6.07, 6.45) is 1.41. The Morgan fingerprint density at radius 2 is 2.22 bits per heavy atom. The monoisotopic (exact) mass is 285 g/mol. The second-order valence-electron chi connectivity index (χ2n) is 3.37. The van der Waals surface area contributed by atoms with E-state index in [2.05, 4.69) is 4.98 Å². The van der Waals surface area contributed by atoms with Crippen molar-refractivity contribution in [2.24, 2.45) is 0 Å². The second-order valence-corrected chi connectivity index (χ2v) is 4.22. The summed E-state index contributed by atoms with van der Waals surface area (Å²) in [6, 6.07) is 4.95. The Kier molecular flexibility index (Phi) is 3.89. The first-order valence-corrected chi connectivity index (χ1v) is 5.95. The van der Waals surface area contributed by atoms with Crippen LogP contribution in [0.1, 0.15) is 17.6 Å². The van der Waals surface area contributed by atoms with Crippen LogP contribution >= 0.6 is 23.2 Å². The molecular formula is C12H9Cl2NO3. The van der Waals surface area contributed by atoms with Gasteiger partial charge in [-0.3, -0.25) is 0 Å². The van der Waals surface area contributed by atoms with Gasteiger partial charge in [-0.25, -0.2) is 9.78 Å². The van der Waals surface area contributed by atoms with Crippen LogP contribution in [0, 0.1) is 0 Å². The summed E-state index contributed by atoms with van der Waals surface area (Å²) >= 11 is 11.9. The molecule has 0 amide bonds. The number of hydrogen-bond acceptors (Lipinski definition) is 4. The molecule has 2 rings (SSSR count). The van der Waals surface area contributed by atoms with Gasteiger partial charge < -0.3 is 9.15 Å². The van der Waals surface area contributed by atoms with Gasteiger partial charge in [-0.15, -0.1) is 0 Å². The molecular weight excluding hydrogens is 277 g/mol. The maximum Gasteiger partial charge on any atom is 0.394 e. The van der Waals surface area contributed by atoms with Crippen LogP contribution in [0.3, 0.4) is 0 Å². The predicted molar refractivity (Wildman–Crippen MR) is 67.9 cm³/mol. The first-order chi connectivity index (χ1) is 8.61. The van der Waals surface area contributed by atoms with Gasteiger partial charge in [0.15, 0.2) is 5.76 Å². The average molecular weight is 286 g/mol. The van der Waals surface area contributed by atoms with E-state index in [1.807, 2.05) is 0 Å². The first-order valence-electron chi connectivity index (χ1n) is 5.20. The number of esters is 1. The number of hydrogen-bond donors (Lipinski definition) is 0. The molecule has 1 aromatic heterocycles. The minimum absolute atomic E-state index is 0.108. The maximum absolute atomic E-state index is 11.4. The highest BCUT2D eigenvalue weighted by Crippen LogP contribution is 2.30. The van der Waals surface area contributed by atoms with Crippen molar-refractivity contribution in [2.45, 2.75) is 6.92 Å². The van der Waals surface area contributed by atoms with Crippen LogP contribution in [0.4, 0.5) is 0 Å². The molecule has 94 valence electrons. The standard InChI is InChI=1S/C12H9Cl2NO3/c1-2-17-12(16)11-15-6-10(18-11)8-5-7(13)3-4-9(8)14/h3-6H,2H2,1H3. The van der Waals surface area contributed by atoms with Crippen LogP contribution in [0.25, 0.3) is 11.3 Å². The molecule has 4 nitrogen and oxygen atoms in total. The third kappa shape index (κ3) is 2.66. The van der Waals surface area contributed by atoms with Crippen LogP contribution < -0.4 is 0 Å². The van der Waals surface area contributed by atoms with Gasteiger partial charge in [0, 0.05) is 10.6 Å². The lowest BCUT2D eigenvalue weighted by Crippen LogP contribution is -2.04. The molecule has 0 aliphatic heterocycles. The molecule has 18 heavy (non-hydrogen) atoms. The van der Waals surface area contributed by atoms with Crippen LogP contribution in [0.15, 0.2) is 28.8 Å². The van der Waals surface area contributed by atoms with Crippen molar-refractivity contribution in [1.29, 1.82) is 0 Å². The summed E-state index contributed by atoms with van der Waals surface area (Å²) in [5.41, 5.74) is 0.576. The van der Waals surface area contributed by atoms with E-state index < -0.39 is 5.97 Å². The molecule has 1 aromatic carbocycles. The molecule has 6 heteroatoms. The highest BCUT2D eigenvalue weighted by atomic mass is 35.5. The van der Waals surface area contributed by atoms with E-state index in [-0.39, 0.29) is 12.5 Å². The number of halogens is 2. The minimum Gasteiger partial charge on any atom is -0.459 e. The number of nitrogens with zero attached hydrogens (tertiary/aromatic N) is 1. The molecule has 0 radical (unpaired) electrons. The van der Waals surface area contributed by atoms with Gasteiger partial charge in [0.05, 0.1) is 17.8 Å². The zero-order valence-corrected chi connectivity index (χ0v) is 11.0. The van der Waals surface area contributed by atoms with E-state index >= 15 is 0 Å². The Labute approximate surface area is 113 Å². The number of rotatable bonds is 3. The fraction of sp³-hybridized carbons (Fsp3) is 0.167. The van der Waals surface area contributed by atoms with Gasteiger partial charge in [-0.1, -0.05) is 23.2 Å². The van der Waals surface area contributed by atoms with Crippen molar-refractivity contribution < 1.29 is 13.9 Å². The van der Waals surface area contributed by atoms with E-state index in [0.29, 0.717) is 21.4 Å². The molecule has 1 heterocycles. The van der Waals surface area contributed by atoms with Crippen molar-refractivity contribution >= 4 is 29.2 Å². The highest BCUT2D eigenvalue weighted by Gasteiger charge is 2.16. The van der Waals surface area contributed by atoms with Crippen molar-refractivity contribution in [2.75, 3.05) is 6.61 Å². The smallest absolute Gasteiger partial charge is 0.394 e. The summed E-state index contributed by atoms with van der Waals surface area (Å²) in [5.74, 6) is -0.352. The average Bonchev–Trinajstić information content (AvgIpc) is 2.82. The molecule has 0 spiro atoms. The van der Waals surface area contributed by atoms with E-state index in [1.165, 1.54) is 6.20 Å². The van der Waals surface area contributed by atoms with Gasteiger partial charge in [0.25, 0.3) is 0 Å². The largest absolute Gasteiger partial charge is 0.459 e. The van der Waals surface area contributed by atoms with Crippen LogP contribution in [0.2, 0.25) is 10.0 Å². The number of benzene rings is 1. The van der Waals surface area contributed by atoms with E-state index in [9.17, 15) is 4.79 Å². The van der Waals surface area contributed by atoms with E-state index in [4.69, 9.17) is 32.4 Å². The Morgan fingerprint density at radius 1 is 1.44 bits per heavy atom. The van der Waals surface area contributed by atoms with Gasteiger partial charge >= 0.3 is 11.9 Å². The van der Waals surface area contributed by atoms with Crippen LogP contribution in [0.5, 0.6) is 0 Å². The van der Waals surface area contributed by atoms with Crippen molar-refractivity contribution in [3.63, 3.8) is 0 Å². The zero-order valence-electron chi connectivity index (χ0n) is 9.44. The van der Waals surface area contributed by atoms with Crippen LogP contribution in [-0.2, 0) is 4.74 Å². The number of carbonyl (C=O) groups is 1. The van der Waals surface area contributed by atoms with Crippen molar-refractivity contribution in [1.82, 2.24) is 4.98 Å². The third-order valence-electron chi connectivity index (χ3n) is 2.15. The quantitative estimate of drug-likeness (QED) is 0.805. The second kappa shape index (κ2) is 5.42. The molecule has 2 aromatic rings. The van der Waals surface area contributed by atoms with Crippen molar-refractivity contribution in [3.8, 4) is 11.3 Å². The maximum atomic E-state index is 11.4. The molecule has 0 aliphatic rings. The summed E-state index contributed by atoms with van der Waals surface area (Å²) in [4.78, 5) is 15.2. The summed E-state index contributed by atoms with van der Waals surface area (Å²) < 4.78 is 10.1. The fourth-order valence-electron chi connectivity index (χ4n) is 1.37. The third-order valence-corrected chi connectivity index (χ3v) is 2.71. The van der Waals surface area contributed by atoms with Gasteiger partial charge in [0.2, 0.25) is 0 Å². The van der Waals surface area contributed by atoms with Crippen molar-refractivity contribution in [3.05, 3.63) is 40.3 Å². The Morgan fingerprint density at radius 3 is 2.94 bits per heavy atom. The molecule has 0 unspecified atom stereocenters. The Hall–Kier alpha value is -1.52. The summed E-state index contributed by atoms with van der Waals surface area (Å²) in [5, 5.41) is 0.981. The van der Waals surface area contributed by atoms with Crippen LogP contribution in [-0.4, -0.2) is 17.6 Å². The SMILES string of the molecule is CCOC(=O)c1ncc(-c2cc(Cl)ccc2Cl)o1. The molecule has 0 saturated heterocycles. The lowest BCUT2D eigenvalue weighted by Gasteiger charge is -2.00. The molecule has 0 N–H and O–H groups in total. The zero-order chi connectivity index (χ0) is 13.1. The topological polar surface area (TPSA) is 52.3 Å². The van der Waals surface area contributed by atoms with Gasteiger partial charge in [0.1, 0.15) is 0 Å². The molecule has 0 atom stereocenters. The number of carbonyl (C=O) groups excluding carboxylic acids is 1.